The third kappa shape index (κ3) is 28.1. The Labute approximate surface area is 136 Å². The Kier molecular flexibility index (Phi) is 16.7. The van der Waals surface area contributed by atoms with Gasteiger partial charge in [-0.3, -0.25) is 0 Å². The molecule has 1 atom stereocenters. The van der Waals surface area contributed by atoms with Crippen LogP contribution in [0.25, 0.3) is 0 Å². The van der Waals surface area contributed by atoms with E-state index in [1.165, 1.54) is 0 Å². The number of hydrogen-bond acceptors (Lipinski definition) is 3. The number of aliphatic hydroxyl groups is 2. The van der Waals surface area contributed by atoms with Gasteiger partial charge in [0.25, 0.3) is 0 Å². The predicted octanol–water partition coefficient (Wildman–Crippen LogP) is 4.21. The standard InChI is InChI=1S/C4H9N.C4H10O.C3H2F6O.CH3.V/c1-3-4(2)5;1-4(2,3)5;4-2(5,6)1(10)3(7,8)9;;/h4H,3H2,1-2H3;5H,1-3H3;1,10H;1H3;/q;;;-1;. The summed E-state index contributed by atoms with van der Waals surface area (Å²) in [6.45, 7) is 9.45. The SMILES string of the molecule is CC(C)(C)O.CCC(C)[N]=[V].OC(C(F)(F)F)C(F)(F)F.[CH3-]. The molecule has 3 nitrogen and oxygen atoms in total. The molecule has 0 rings (SSSR count). The number of alkyl halides is 6. The maximum atomic E-state index is 11.0. The normalized spacial score (nSPS) is 13.0. The molecule has 0 aromatic heterocycles. The smallest absolute Gasteiger partial charge is 0.377 e. The summed E-state index contributed by atoms with van der Waals surface area (Å²) in [5.74, 6) is 0. The maximum absolute atomic E-state index is 11.0. The van der Waals surface area contributed by atoms with Gasteiger partial charge in [0.1, 0.15) is 0 Å². The molecule has 0 bridgehead atoms. The molecule has 0 aromatic carbocycles. The predicted molar refractivity (Wildman–Crippen MR) is 68.7 cm³/mol. The van der Waals surface area contributed by atoms with Gasteiger partial charge < -0.3 is 17.6 Å². The van der Waals surface area contributed by atoms with E-state index in [2.05, 4.69) is 34.9 Å². The molecule has 0 aromatic rings. The summed E-state index contributed by atoms with van der Waals surface area (Å²) in [7, 11) is 0. The Balaban J connectivity index is -0.000000117. The molecule has 0 amide bonds. The number of nitrogens with zero attached hydrogens (tertiary/aromatic N) is 1. The molecular weight excluding hydrogens is 355 g/mol. The van der Waals surface area contributed by atoms with Crippen molar-refractivity contribution in [3.05, 3.63) is 7.43 Å². The van der Waals surface area contributed by atoms with Crippen LogP contribution in [0.3, 0.4) is 0 Å². The van der Waals surface area contributed by atoms with Crippen molar-refractivity contribution in [1.29, 1.82) is 0 Å². The summed E-state index contributed by atoms with van der Waals surface area (Å²) >= 11 is 2.24. The molecule has 0 aliphatic carbocycles. The van der Waals surface area contributed by atoms with Gasteiger partial charge in [0.2, 0.25) is 6.10 Å². The molecular formula is C12H24F6NO2V-. The maximum Gasteiger partial charge on any atom is 0.423 e. The summed E-state index contributed by atoms with van der Waals surface area (Å²) in [5, 5.41) is 16.0. The molecule has 0 spiro atoms. The molecule has 1 unspecified atom stereocenters. The number of hydrogen-bond donors (Lipinski definition) is 2. The van der Waals surface area contributed by atoms with Gasteiger partial charge in [-0.05, 0) is 20.8 Å². The van der Waals surface area contributed by atoms with Gasteiger partial charge >= 0.3 is 59.7 Å². The molecule has 137 valence electrons. The minimum Gasteiger partial charge on any atom is -0.377 e. The Bertz CT molecular complexity index is 256. The van der Waals surface area contributed by atoms with E-state index < -0.39 is 24.1 Å². The zero-order valence-corrected chi connectivity index (χ0v) is 14.8. The van der Waals surface area contributed by atoms with Crippen molar-refractivity contribution in [3.63, 3.8) is 0 Å². The molecule has 0 saturated carbocycles. The van der Waals surface area contributed by atoms with Crippen LogP contribution in [0.5, 0.6) is 0 Å². The first kappa shape index (κ1) is 29.8. The van der Waals surface area contributed by atoms with Crippen LogP contribution in [0, 0.1) is 7.43 Å². The first-order chi connectivity index (χ1) is 8.96. The van der Waals surface area contributed by atoms with Crippen molar-refractivity contribution in [2.24, 2.45) is 3.79 Å². The minimum absolute atomic E-state index is 0. The number of rotatable bonds is 2. The van der Waals surface area contributed by atoms with Crippen LogP contribution < -0.4 is 0 Å². The quantitative estimate of drug-likeness (QED) is 0.558. The Morgan fingerprint density at radius 2 is 1.23 bits per heavy atom. The number of aliphatic hydroxyl groups excluding tert-OH is 1. The van der Waals surface area contributed by atoms with Gasteiger partial charge in [0.05, 0.1) is 5.60 Å². The molecule has 2 N–H and O–H groups in total. The second kappa shape index (κ2) is 12.3. The molecule has 0 fully saturated rings. The van der Waals surface area contributed by atoms with Crippen LogP contribution >= 0.6 is 0 Å². The van der Waals surface area contributed by atoms with E-state index in [1.54, 1.807) is 20.8 Å². The zero-order valence-electron chi connectivity index (χ0n) is 13.4. The Morgan fingerprint density at radius 3 is 1.23 bits per heavy atom. The van der Waals surface area contributed by atoms with E-state index in [0.717, 1.165) is 6.42 Å². The first-order valence-electron chi connectivity index (χ1n) is 5.84. The van der Waals surface area contributed by atoms with E-state index in [4.69, 9.17) is 10.2 Å². The van der Waals surface area contributed by atoms with Crippen LogP contribution in [-0.4, -0.2) is 40.3 Å². The average molecular weight is 379 g/mol. The molecule has 0 saturated heterocycles. The zero-order chi connectivity index (χ0) is 18.1. The van der Waals surface area contributed by atoms with Gasteiger partial charge in [-0.1, -0.05) is 0 Å². The topological polar surface area (TPSA) is 52.8 Å². The fraction of sp³-hybridized carbons (Fsp3) is 0.917. The summed E-state index contributed by atoms with van der Waals surface area (Å²) in [6.07, 6.45) is -14.3. The van der Waals surface area contributed by atoms with Crippen LogP contribution in [0.15, 0.2) is 3.79 Å². The van der Waals surface area contributed by atoms with Crippen molar-refractivity contribution in [2.45, 2.75) is 71.1 Å². The monoisotopic (exact) mass is 379 g/mol. The van der Waals surface area contributed by atoms with E-state index in [0.29, 0.717) is 6.04 Å². The van der Waals surface area contributed by atoms with E-state index in [1.807, 2.05) is 0 Å². The second-order valence-electron chi connectivity index (χ2n) is 5.03. The third-order valence-electron chi connectivity index (χ3n) is 1.41. The van der Waals surface area contributed by atoms with Gasteiger partial charge in [-0.2, -0.15) is 26.3 Å². The van der Waals surface area contributed by atoms with Crippen molar-refractivity contribution >= 4 is 0 Å². The van der Waals surface area contributed by atoms with Crippen molar-refractivity contribution in [1.82, 2.24) is 0 Å². The number of halogens is 6. The largest absolute Gasteiger partial charge is 0.423 e. The fourth-order valence-corrected chi connectivity index (χ4v) is 0.522. The molecule has 0 radical (unpaired) electrons. The molecule has 10 heteroatoms. The first-order valence-corrected chi connectivity index (χ1v) is 6.47. The van der Waals surface area contributed by atoms with Crippen molar-refractivity contribution in [2.75, 3.05) is 0 Å². The Morgan fingerprint density at radius 1 is 1.00 bits per heavy atom. The van der Waals surface area contributed by atoms with E-state index >= 15 is 0 Å². The van der Waals surface area contributed by atoms with Crippen LogP contribution in [0.4, 0.5) is 26.3 Å². The molecule has 0 aliphatic rings. The summed E-state index contributed by atoms with van der Waals surface area (Å²) in [6, 6.07) is 0.532. The van der Waals surface area contributed by atoms with Crippen LogP contribution in [-0.2, 0) is 17.2 Å². The molecule has 0 aliphatic heterocycles. The van der Waals surface area contributed by atoms with Crippen molar-refractivity contribution < 1.29 is 53.8 Å². The molecule has 22 heavy (non-hydrogen) atoms. The fourth-order valence-electron chi connectivity index (χ4n) is 0.267. The Hall–Kier alpha value is -0.116. The second-order valence-corrected chi connectivity index (χ2v) is 5.39. The summed E-state index contributed by atoms with van der Waals surface area (Å²) in [4.78, 5) is 0. The van der Waals surface area contributed by atoms with Gasteiger partial charge in [-0.15, -0.1) is 0 Å². The van der Waals surface area contributed by atoms with Gasteiger partial charge in [0, 0.05) is 0 Å². The van der Waals surface area contributed by atoms with Gasteiger partial charge in [0.15, 0.2) is 0 Å². The van der Waals surface area contributed by atoms with Gasteiger partial charge in [-0.25, -0.2) is 0 Å². The summed E-state index contributed by atoms with van der Waals surface area (Å²) < 4.78 is 69.8. The average Bonchev–Trinajstić information content (AvgIpc) is 2.23. The summed E-state index contributed by atoms with van der Waals surface area (Å²) in [5.41, 5.74) is -0.500. The molecule has 0 heterocycles. The van der Waals surface area contributed by atoms with E-state index in [-0.39, 0.29) is 7.43 Å². The van der Waals surface area contributed by atoms with Crippen LogP contribution in [0.1, 0.15) is 41.0 Å². The van der Waals surface area contributed by atoms with E-state index in [9.17, 15) is 26.3 Å². The third-order valence-corrected chi connectivity index (χ3v) is 2.02. The van der Waals surface area contributed by atoms with Crippen LogP contribution in [0.2, 0.25) is 0 Å². The van der Waals surface area contributed by atoms with Crippen molar-refractivity contribution in [3.8, 4) is 0 Å². The minimum atomic E-state index is -5.63.